The van der Waals surface area contributed by atoms with Gasteiger partial charge < -0.3 is 9.73 Å². The van der Waals surface area contributed by atoms with E-state index in [1.807, 2.05) is 36.4 Å². The Hall–Kier alpha value is -3.14. The summed E-state index contributed by atoms with van der Waals surface area (Å²) in [4.78, 5) is 11.9. The Labute approximate surface area is 131 Å². The molecule has 3 nitrogen and oxygen atoms in total. The predicted octanol–water partition coefficient (Wildman–Crippen LogP) is 4.83. The highest BCUT2D eigenvalue weighted by Gasteiger charge is 2.09. The molecule has 0 radical (unpaired) electrons. The van der Waals surface area contributed by atoms with Gasteiger partial charge in [-0.05, 0) is 35.7 Å². The summed E-state index contributed by atoms with van der Waals surface area (Å²) in [6.45, 7) is 0. The van der Waals surface area contributed by atoms with Crippen LogP contribution in [0.3, 0.4) is 0 Å². The summed E-state index contributed by atoms with van der Waals surface area (Å²) in [5, 5.41) is 5.83. The lowest BCUT2D eigenvalue weighted by Gasteiger charge is -2.10. The number of rotatable bonds is 2. The van der Waals surface area contributed by atoms with Crippen LogP contribution in [0.5, 0.6) is 0 Å². The van der Waals surface area contributed by atoms with Gasteiger partial charge in [-0.3, -0.25) is 0 Å². The van der Waals surface area contributed by atoms with Crippen LogP contribution in [0, 0.1) is 5.82 Å². The fraction of sp³-hybridized carbons (Fsp3) is 0. The second kappa shape index (κ2) is 5.25. The molecule has 0 spiro atoms. The molecule has 0 saturated carbocycles. The lowest BCUT2D eigenvalue weighted by Crippen LogP contribution is -2.01. The minimum absolute atomic E-state index is 0.307. The third kappa shape index (κ3) is 2.44. The zero-order chi connectivity index (χ0) is 15.8. The van der Waals surface area contributed by atoms with Crippen LogP contribution in [-0.2, 0) is 0 Å². The fourth-order valence-corrected chi connectivity index (χ4v) is 2.68. The molecular weight excluding hydrogens is 293 g/mol. The maximum atomic E-state index is 13.0. The molecule has 3 aromatic carbocycles. The molecule has 1 N–H and O–H groups in total. The molecule has 4 aromatic rings. The fourth-order valence-electron chi connectivity index (χ4n) is 2.68. The van der Waals surface area contributed by atoms with E-state index in [-0.39, 0.29) is 5.82 Å². The first-order valence-corrected chi connectivity index (χ1v) is 7.19. The molecule has 1 aromatic heterocycles. The molecule has 0 aliphatic heterocycles. The minimum atomic E-state index is -0.432. The third-order valence-corrected chi connectivity index (χ3v) is 3.76. The van der Waals surface area contributed by atoms with Crippen molar-refractivity contribution in [3.63, 3.8) is 0 Å². The summed E-state index contributed by atoms with van der Waals surface area (Å²) in [7, 11) is 0. The molecule has 112 valence electrons. The Morgan fingerprint density at radius 2 is 1.65 bits per heavy atom. The summed E-state index contributed by atoms with van der Waals surface area (Å²) in [5.41, 5.74) is 1.44. The summed E-state index contributed by atoms with van der Waals surface area (Å²) in [6, 6.07) is 19.0. The molecule has 0 bridgehead atoms. The first-order valence-electron chi connectivity index (χ1n) is 7.19. The van der Waals surface area contributed by atoms with Crippen LogP contribution in [0.25, 0.3) is 21.7 Å². The van der Waals surface area contributed by atoms with Gasteiger partial charge in [-0.2, -0.15) is 0 Å². The smallest absolute Gasteiger partial charge is 0.338 e. The van der Waals surface area contributed by atoms with Crippen molar-refractivity contribution >= 4 is 33.1 Å². The minimum Gasteiger partial charge on any atom is -0.422 e. The van der Waals surface area contributed by atoms with E-state index >= 15 is 0 Å². The van der Waals surface area contributed by atoms with Crippen molar-refractivity contribution in [3.05, 3.63) is 83.0 Å². The molecule has 4 heteroatoms. The summed E-state index contributed by atoms with van der Waals surface area (Å²) >= 11 is 0. The summed E-state index contributed by atoms with van der Waals surface area (Å²) in [5.74, 6) is -0.307. The van der Waals surface area contributed by atoms with Crippen molar-refractivity contribution in [1.29, 1.82) is 0 Å². The average Bonchev–Trinajstić information content (AvgIpc) is 2.57. The molecule has 0 aliphatic carbocycles. The van der Waals surface area contributed by atoms with Crippen LogP contribution in [0.4, 0.5) is 15.8 Å². The number of anilines is 2. The zero-order valence-electron chi connectivity index (χ0n) is 12.0. The number of fused-ring (bicyclic) bond motifs is 3. The van der Waals surface area contributed by atoms with E-state index < -0.39 is 5.63 Å². The van der Waals surface area contributed by atoms with E-state index in [0.717, 1.165) is 16.2 Å². The molecule has 0 fully saturated rings. The second-order valence-electron chi connectivity index (χ2n) is 5.27. The highest BCUT2D eigenvalue weighted by atomic mass is 19.1. The molecule has 0 aliphatic rings. The molecule has 0 amide bonds. The zero-order valence-corrected chi connectivity index (χ0v) is 12.0. The van der Waals surface area contributed by atoms with Gasteiger partial charge in [-0.1, -0.05) is 30.3 Å². The number of halogens is 1. The van der Waals surface area contributed by atoms with Gasteiger partial charge in [0.1, 0.15) is 11.4 Å². The van der Waals surface area contributed by atoms with Crippen molar-refractivity contribution < 1.29 is 8.81 Å². The third-order valence-electron chi connectivity index (χ3n) is 3.76. The normalized spacial score (nSPS) is 11.0. The van der Waals surface area contributed by atoms with E-state index in [1.54, 1.807) is 12.1 Å². The van der Waals surface area contributed by atoms with Gasteiger partial charge in [0, 0.05) is 22.5 Å². The highest BCUT2D eigenvalue weighted by molar-refractivity contribution is 6.08. The molecule has 0 unspecified atom stereocenters. The predicted molar refractivity (Wildman–Crippen MR) is 89.7 cm³/mol. The lowest BCUT2D eigenvalue weighted by atomic mass is 10.1. The summed E-state index contributed by atoms with van der Waals surface area (Å²) in [6.07, 6.45) is 0. The van der Waals surface area contributed by atoms with Crippen molar-refractivity contribution in [1.82, 2.24) is 0 Å². The number of hydrogen-bond donors (Lipinski definition) is 1. The van der Waals surface area contributed by atoms with E-state index in [4.69, 9.17) is 4.42 Å². The molecular formula is C19H12FNO2. The van der Waals surface area contributed by atoms with Crippen LogP contribution < -0.4 is 10.9 Å². The Morgan fingerprint density at radius 3 is 2.48 bits per heavy atom. The van der Waals surface area contributed by atoms with Gasteiger partial charge in [-0.15, -0.1) is 0 Å². The Kier molecular flexibility index (Phi) is 3.08. The van der Waals surface area contributed by atoms with E-state index in [2.05, 4.69) is 5.32 Å². The van der Waals surface area contributed by atoms with Gasteiger partial charge in [0.15, 0.2) is 0 Å². The standard InChI is InChI=1S/C19H12FNO2/c20-13-6-8-14(9-7-13)21-17-11-18(22)23-19-15-4-2-1-3-12(15)5-10-16(17)19/h1-11,21H. The molecule has 1 heterocycles. The van der Waals surface area contributed by atoms with Crippen LogP contribution in [0.15, 0.2) is 75.9 Å². The first kappa shape index (κ1) is 13.5. The van der Waals surface area contributed by atoms with Crippen LogP contribution >= 0.6 is 0 Å². The number of nitrogens with one attached hydrogen (secondary N) is 1. The van der Waals surface area contributed by atoms with Gasteiger partial charge in [0.2, 0.25) is 0 Å². The van der Waals surface area contributed by atoms with E-state index in [1.165, 1.54) is 18.2 Å². The summed E-state index contributed by atoms with van der Waals surface area (Å²) < 4.78 is 18.4. The van der Waals surface area contributed by atoms with Crippen LogP contribution in [-0.4, -0.2) is 0 Å². The average molecular weight is 305 g/mol. The maximum absolute atomic E-state index is 13.0. The molecule has 0 atom stereocenters. The Balaban J connectivity index is 1.94. The van der Waals surface area contributed by atoms with Crippen LogP contribution in [0.1, 0.15) is 0 Å². The topological polar surface area (TPSA) is 42.2 Å². The first-order chi connectivity index (χ1) is 11.2. The van der Waals surface area contributed by atoms with Crippen molar-refractivity contribution in [2.45, 2.75) is 0 Å². The van der Waals surface area contributed by atoms with Crippen molar-refractivity contribution in [2.24, 2.45) is 0 Å². The van der Waals surface area contributed by atoms with E-state index in [0.29, 0.717) is 17.0 Å². The van der Waals surface area contributed by atoms with E-state index in [9.17, 15) is 9.18 Å². The molecule has 0 saturated heterocycles. The van der Waals surface area contributed by atoms with Gasteiger partial charge in [0.05, 0.1) is 5.69 Å². The lowest BCUT2D eigenvalue weighted by molar-refractivity contribution is 0.565. The number of benzene rings is 3. The molecule has 23 heavy (non-hydrogen) atoms. The SMILES string of the molecule is O=c1cc(Nc2ccc(F)cc2)c2ccc3ccccc3c2o1. The van der Waals surface area contributed by atoms with Gasteiger partial charge in [0.25, 0.3) is 0 Å². The highest BCUT2D eigenvalue weighted by Crippen LogP contribution is 2.30. The maximum Gasteiger partial charge on any atom is 0.338 e. The van der Waals surface area contributed by atoms with Crippen molar-refractivity contribution in [3.8, 4) is 0 Å². The van der Waals surface area contributed by atoms with Crippen molar-refractivity contribution in [2.75, 3.05) is 5.32 Å². The van der Waals surface area contributed by atoms with Crippen LogP contribution in [0.2, 0.25) is 0 Å². The van der Waals surface area contributed by atoms with Gasteiger partial charge >= 0.3 is 5.63 Å². The Bertz CT molecular complexity index is 1070. The molecule has 4 rings (SSSR count). The largest absolute Gasteiger partial charge is 0.422 e. The van der Waals surface area contributed by atoms with Gasteiger partial charge in [-0.25, -0.2) is 9.18 Å². The second-order valence-corrected chi connectivity index (χ2v) is 5.27. The Morgan fingerprint density at radius 1 is 0.870 bits per heavy atom. The quantitative estimate of drug-likeness (QED) is 0.426. The number of hydrogen-bond acceptors (Lipinski definition) is 3. The monoisotopic (exact) mass is 305 g/mol.